The predicted molar refractivity (Wildman–Crippen MR) is 137 cm³/mol. The van der Waals surface area contributed by atoms with Crippen molar-refractivity contribution in [2.24, 2.45) is 5.92 Å². The molecule has 2 amide bonds. The van der Waals surface area contributed by atoms with Crippen LogP contribution in [0.15, 0.2) is 36.5 Å². The lowest BCUT2D eigenvalue weighted by Crippen LogP contribution is -2.55. The van der Waals surface area contributed by atoms with Gasteiger partial charge in [-0.1, -0.05) is 6.07 Å². The van der Waals surface area contributed by atoms with E-state index in [1.165, 1.54) is 13.2 Å². The average molecular weight is 523 g/mol. The first-order chi connectivity index (χ1) is 18.3. The number of piperidine rings is 1. The summed E-state index contributed by atoms with van der Waals surface area (Å²) in [5.74, 6) is -1.62. The van der Waals surface area contributed by atoms with E-state index in [1.807, 2.05) is 24.0 Å². The van der Waals surface area contributed by atoms with E-state index in [2.05, 4.69) is 20.5 Å². The number of rotatable bonds is 6. The molecule has 3 aromatic rings. The van der Waals surface area contributed by atoms with E-state index in [1.54, 1.807) is 23.2 Å². The van der Waals surface area contributed by atoms with Gasteiger partial charge >= 0.3 is 12.0 Å². The number of carbonyl (C=O) groups excluding carboxylic acids is 1. The van der Waals surface area contributed by atoms with Crippen LogP contribution in [0.1, 0.15) is 28.9 Å². The van der Waals surface area contributed by atoms with Crippen LogP contribution in [0.25, 0.3) is 11.3 Å². The summed E-state index contributed by atoms with van der Waals surface area (Å²) in [6, 6.07) is 7.81. The van der Waals surface area contributed by atoms with Crippen LogP contribution in [0.4, 0.5) is 9.18 Å². The van der Waals surface area contributed by atoms with Gasteiger partial charge in [0.25, 0.3) is 0 Å². The second kappa shape index (κ2) is 10.8. The van der Waals surface area contributed by atoms with E-state index in [-0.39, 0.29) is 19.1 Å². The molecule has 4 heterocycles. The Morgan fingerprint density at radius 3 is 2.89 bits per heavy atom. The number of aromatic nitrogens is 3. The summed E-state index contributed by atoms with van der Waals surface area (Å²) < 4.78 is 19.9. The Morgan fingerprint density at radius 1 is 1.29 bits per heavy atom. The number of hydrogen-bond acceptors (Lipinski definition) is 6. The number of aliphatic carboxylic acids is 1. The topological polar surface area (TPSA) is 124 Å². The zero-order valence-corrected chi connectivity index (χ0v) is 21.4. The fourth-order valence-corrected chi connectivity index (χ4v) is 5.38. The molecular weight excluding hydrogens is 491 g/mol. The van der Waals surface area contributed by atoms with Gasteiger partial charge in [-0.3, -0.25) is 19.8 Å². The number of halogens is 1. The molecule has 0 radical (unpaired) electrons. The normalized spacial score (nSPS) is 19.6. The molecule has 1 aromatic carbocycles. The van der Waals surface area contributed by atoms with Crippen LogP contribution < -0.4 is 10.1 Å². The van der Waals surface area contributed by atoms with Gasteiger partial charge in [0, 0.05) is 72.9 Å². The van der Waals surface area contributed by atoms with Gasteiger partial charge in [0.1, 0.15) is 11.6 Å². The molecule has 5 rings (SSSR count). The lowest BCUT2D eigenvalue weighted by atomic mass is 9.93. The Hall–Kier alpha value is -3.99. The number of aryl methyl sites for hydroxylation is 1. The van der Waals surface area contributed by atoms with Gasteiger partial charge in [0.15, 0.2) is 0 Å². The van der Waals surface area contributed by atoms with Gasteiger partial charge in [-0.05, 0) is 37.6 Å². The number of urea groups is 1. The molecule has 0 bridgehead atoms. The van der Waals surface area contributed by atoms with Crippen LogP contribution in [0.2, 0.25) is 0 Å². The monoisotopic (exact) mass is 522 g/mol. The number of nitrogens with zero attached hydrogens (tertiary/aromatic N) is 4. The molecule has 3 N–H and O–H groups in total. The lowest BCUT2D eigenvalue weighted by molar-refractivity contribution is -0.144. The van der Waals surface area contributed by atoms with Crippen molar-refractivity contribution >= 4 is 12.0 Å². The van der Waals surface area contributed by atoms with Crippen molar-refractivity contribution in [1.29, 1.82) is 0 Å². The fourth-order valence-electron chi connectivity index (χ4n) is 5.38. The lowest BCUT2D eigenvalue weighted by Gasteiger charge is -2.38. The number of amides is 2. The molecule has 0 spiro atoms. The minimum absolute atomic E-state index is 0.183. The van der Waals surface area contributed by atoms with Crippen molar-refractivity contribution in [3.63, 3.8) is 0 Å². The largest absolute Gasteiger partial charge is 0.496 e. The Bertz CT molecular complexity index is 1340. The summed E-state index contributed by atoms with van der Waals surface area (Å²) in [6.45, 7) is 3.67. The van der Waals surface area contributed by atoms with E-state index in [0.717, 1.165) is 28.2 Å². The van der Waals surface area contributed by atoms with Crippen molar-refractivity contribution in [1.82, 2.24) is 30.3 Å². The number of H-pyrrole nitrogens is 1. The first kappa shape index (κ1) is 25.7. The third-order valence-electron chi connectivity index (χ3n) is 7.27. The molecular formula is C27H31FN6O4. The van der Waals surface area contributed by atoms with Crippen LogP contribution in [0, 0.1) is 18.7 Å². The molecule has 1 saturated heterocycles. The van der Waals surface area contributed by atoms with Crippen LogP contribution in [0.3, 0.4) is 0 Å². The summed E-state index contributed by atoms with van der Waals surface area (Å²) in [5.41, 5.74) is 4.97. The standard InChI is InChI=1S/C27H31FN6O4/c1-16-10-17(6-8-29-16)25-21-15-34(9-7-23(21)31-32-25)27(37)30-19-11-18(26(35)36)12-33(13-19)14-20-22(28)4-3-5-24(20)38-2/h3-6,8,10,18-19H,7,9,11-15H2,1-2H3,(H,30,37)(H,31,32)(H,35,36). The molecule has 1 fully saturated rings. The minimum Gasteiger partial charge on any atom is -0.496 e. The minimum atomic E-state index is -0.937. The van der Waals surface area contributed by atoms with Crippen molar-refractivity contribution in [2.75, 3.05) is 26.7 Å². The van der Waals surface area contributed by atoms with Gasteiger partial charge in [-0.25, -0.2) is 9.18 Å². The molecule has 10 nitrogen and oxygen atoms in total. The molecule has 11 heteroatoms. The highest BCUT2D eigenvalue weighted by Gasteiger charge is 2.34. The van der Waals surface area contributed by atoms with Crippen molar-refractivity contribution in [3.05, 3.63) is 64.9 Å². The van der Waals surface area contributed by atoms with Crippen molar-refractivity contribution in [2.45, 2.75) is 38.9 Å². The number of benzene rings is 1. The second-order valence-corrected chi connectivity index (χ2v) is 9.92. The van der Waals surface area contributed by atoms with Crippen LogP contribution in [-0.2, 0) is 24.3 Å². The van der Waals surface area contributed by atoms with Crippen molar-refractivity contribution in [3.8, 4) is 17.0 Å². The third kappa shape index (κ3) is 5.33. The number of aromatic amines is 1. The second-order valence-electron chi connectivity index (χ2n) is 9.92. The van der Waals surface area contributed by atoms with E-state index < -0.39 is 23.7 Å². The summed E-state index contributed by atoms with van der Waals surface area (Å²) in [5, 5.41) is 20.4. The van der Waals surface area contributed by atoms with Gasteiger partial charge in [-0.15, -0.1) is 0 Å². The molecule has 2 aliphatic rings. The number of carboxylic acid groups (broad SMARTS) is 1. The van der Waals surface area contributed by atoms with Crippen LogP contribution in [-0.4, -0.2) is 74.9 Å². The Morgan fingerprint density at radius 2 is 2.13 bits per heavy atom. The highest BCUT2D eigenvalue weighted by Crippen LogP contribution is 2.29. The zero-order chi connectivity index (χ0) is 26.8. The SMILES string of the molecule is COc1cccc(F)c1CN1CC(NC(=O)N2CCc3[nH]nc(-c4ccnc(C)c4)c3C2)CC(C(=O)O)C1. The van der Waals surface area contributed by atoms with Gasteiger partial charge < -0.3 is 20.1 Å². The molecule has 200 valence electrons. The first-order valence-electron chi connectivity index (χ1n) is 12.6. The number of hydrogen-bond donors (Lipinski definition) is 3. The van der Waals surface area contributed by atoms with Gasteiger partial charge in [0.05, 0.1) is 25.3 Å². The molecule has 2 unspecified atom stereocenters. The number of nitrogens with one attached hydrogen (secondary N) is 2. The Kier molecular flexibility index (Phi) is 7.28. The summed E-state index contributed by atoms with van der Waals surface area (Å²) in [6.07, 6.45) is 2.68. The van der Waals surface area contributed by atoms with Crippen LogP contribution >= 0.6 is 0 Å². The number of pyridine rings is 1. The highest BCUT2D eigenvalue weighted by molar-refractivity contribution is 5.76. The predicted octanol–water partition coefficient (Wildman–Crippen LogP) is 2.97. The van der Waals surface area contributed by atoms with Gasteiger partial charge in [0.2, 0.25) is 0 Å². The molecule has 38 heavy (non-hydrogen) atoms. The van der Waals surface area contributed by atoms with Gasteiger partial charge in [-0.2, -0.15) is 5.10 Å². The number of fused-ring (bicyclic) bond motifs is 1. The molecule has 0 aliphatic carbocycles. The summed E-state index contributed by atoms with van der Waals surface area (Å²) in [7, 11) is 1.48. The molecule has 0 saturated carbocycles. The highest BCUT2D eigenvalue weighted by atomic mass is 19.1. The summed E-state index contributed by atoms with van der Waals surface area (Å²) >= 11 is 0. The molecule has 2 aliphatic heterocycles. The smallest absolute Gasteiger partial charge is 0.317 e. The zero-order valence-electron chi connectivity index (χ0n) is 21.4. The Labute approximate surface area is 219 Å². The number of methoxy groups -OCH3 is 1. The first-order valence-corrected chi connectivity index (χ1v) is 12.6. The number of likely N-dealkylation sites (tertiary alicyclic amines) is 1. The number of carboxylic acids is 1. The fraction of sp³-hybridized carbons (Fsp3) is 0.407. The van der Waals surface area contributed by atoms with Crippen molar-refractivity contribution < 1.29 is 23.8 Å². The molecule has 2 atom stereocenters. The van der Waals surface area contributed by atoms with E-state index in [9.17, 15) is 19.1 Å². The maximum atomic E-state index is 14.6. The number of ether oxygens (including phenoxy) is 1. The maximum absolute atomic E-state index is 14.6. The number of carbonyl (C=O) groups is 2. The maximum Gasteiger partial charge on any atom is 0.317 e. The Balaban J connectivity index is 1.29. The average Bonchev–Trinajstić information content (AvgIpc) is 3.33. The quantitative estimate of drug-likeness (QED) is 0.455. The van der Waals surface area contributed by atoms with E-state index >= 15 is 0 Å². The van der Waals surface area contributed by atoms with Crippen LogP contribution in [0.5, 0.6) is 5.75 Å². The molecule has 2 aromatic heterocycles. The van der Waals surface area contributed by atoms with E-state index in [0.29, 0.717) is 43.8 Å². The third-order valence-corrected chi connectivity index (χ3v) is 7.27. The van der Waals surface area contributed by atoms with E-state index in [4.69, 9.17) is 4.74 Å². The summed E-state index contributed by atoms with van der Waals surface area (Å²) in [4.78, 5) is 33.1.